The third-order valence-electron chi connectivity index (χ3n) is 2.73. The Morgan fingerprint density at radius 3 is 2.94 bits per heavy atom. The molecule has 1 aromatic rings. The van der Waals surface area contributed by atoms with E-state index in [2.05, 4.69) is 10.8 Å². The molecule has 2 N–H and O–H groups in total. The van der Waals surface area contributed by atoms with E-state index >= 15 is 0 Å². The lowest BCUT2D eigenvalue weighted by Crippen LogP contribution is -2.52. The third-order valence-corrected chi connectivity index (χ3v) is 2.73. The highest BCUT2D eigenvalue weighted by Gasteiger charge is 2.25. The largest absolute Gasteiger partial charge is 0.345 e. The number of rotatable bonds is 4. The van der Waals surface area contributed by atoms with Crippen molar-refractivity contribution in [2.24, 2.45) is 0 Å². The molecule has 0 saturated carbocycles. The van der Waals surface area contributed by atoms with E-state index in [0.29, 0.717) is 6.54 Å². The molecular formula is C12H15N3O3. The summed E-state index contributed by atoms with van der Waals surface area (Å²) in [4.78, 5) is 29.5. The van der Waals surface area contributed by atoms with E-state index in [4.69, 9.17) is 4.84 Å². The minimum atomic E-state index is -0.149. The second-order valence-electron chi connectivity index (χ2n) is 3.91. The lowest BCUT2D eigenvalue weighted by Gasteiger charge is -2.28. The maximum Gasteiger partial charge on any atom is 0.246 e. The number of hydrogen-bond donors (Lipinski definition) is 2. The van der Waals surface area contributed by atoms with E-state index in [1.54, 1.807) is 0 Å². The first-order chi connectivity index (χ1) is 8.72. The molecule has 0 bridgehead atoms. The molecule has 1 fully saturated rings. The number of amides is 2. The maximum absolute atomic E-state index is 11.8. The Kier molecular flexibility index (Phi) is 3.91. The molecule has 0 aliphatic carbocycles. The molecule has 6 nitrogen and oxygen atoms in total. The number of para-hydroxylation sites is 1. The summed E-state index contributed by atoms with van der Waals surface area (Å²) in [5.41, 5.74) is 4.37. The molecule has 0 atom stereocenters. The van der Waals surface area contributed by atoms with Crippen molar-refractivity contribution in [3.05, 3.63) is 29.8 Å². The predicted molar refractivity (Wildman–Crippen MR) is 65.7 cm³/mol. The molecule has 1 aliphatic heterocycles. The van der Waals surface area contributed by atoms with Crippen LogP contribution in [0.1, 0.15) is 5.56 Å². The highest BCUT2D eigenvalue weighted by atomic mass is 16.6. The lowest BCUT2D eigenvalue weighted by molar-refractivity contribution is -0.128. The fourth-order valence-corrected chi connectivity index (χ4v) is 1.85. The summed E-state index contributed by atoms with van der Waals surface area (Å²) >= 11 is 0. The van der Waals surface area contributed by atoms with Crippen LogP contribution in [-0.2, 0) is 21.0 Å². The van der Waals surface area contributed by atoms with Gasteiger partial charge in [0.1, 0.15) is 6.54 Å². The standard InChI is InChI=1S/C12H15N3O3/c1-18-14-6-9-4-2-3-5-10(9)15-8-11(16)13-7-12(15)17/h2-5,14H,6-8H2,1H3,(H,13,16). The van der Waals surface area contributed by atoms with Crippen molar-refractivity contribution in [1.29, 1.82) is 0 Å². The molecule has 2 rings (SSSR count). The Hall–Kier alpha value is -1.92. The SMILES string of the molecule is CONCc1ccccc1N1CC(=O)NCC1=O. The van der Waals surface area contributed by atoms with Gasteiger partial charge in [-0.3, -0.25) is 9.59 Å². The zero-order valence-electron chi connectivity index (χ0n) is 10.1. The summed E-state index contributed by atoms with van der Waals surface area (Å²) in [6.07, 6.45) is 0. The quantitative estimate of drug-likeness (QED) is 0.725. The number of hydroxylamine groups is 1. The van der Waals surface area contributed by atoms with Crippen molar-refractivity contribution in [2.75, 3.05) is 25.1 Å². The molecule has 1 aliphatic rings. The number of piperazine rings is 1. The van der Waals surface area contributed by atoms with E-state index in [9.17, 15) is 9.59 Å². The number of benzene rings is 1. The Bertz CT molecular complexity index is 462. The predicted octanol–water partition coefficient (Wildman–Crippen LogP) is -0.200. The number of nitrogens with one attached hydrogen (secondary N) is 2. The molecule has 1 heterocycles. The first-order valence-corrected chi connectivity index (χ1v) is 5.63. The first kappa shape index (κ1) is 12.5. The molecular weight excluding hydrogens is 234 g/mol. The number of anilines is 1. The molecule has 1 aromatic carbocycles. The van der Waals surface area contributed by atoms with Crippen LogP contribution in [0.4, 0.5) is 5.69 Å². The van der Waals surface area contributed by atoms with Crippen LogP contribution in [0.5, 0.6) is 0 Å². The minimum absolute atomic E-state index is 0.0465. The van der Waals surface area contributed by atoms with Crippen LogP contribution < -0.4 is 15.7 Å². The maximum atomic E-state index is 11.8. The van der Waals surface area contributed by atoms with E-state index in [-0.39, 0.29) is 24.9 Å². The minimum Gasteiger partial charge on any atom is -0.345 e. The Morgan fingerprint density at radius 1 is 1.39 bits per heavy atom. The molecule has 0 radical (unpaired) electrons. The van der Waals surface area contributed by atoms with E-state index in [1.807, 2.05) is 24.3 Å². The molecule has 0 spiro atoms. The monoisotopic (exact) mass is 249 g/mol. The molecule has 0 unspecified atom stereocenters. The zero-order valence-corrected chi connectivity index (χ0v) is 10.1. The van der Waals surface area contributed by atoms with Crippen molar-refractivity contribution in [1.82, 2.24) is 10.8 Å². The second-order valence-corrected chi connectivity index (χ2v) is 3.91. The van der Waals surface area contributed by atoms with Gasteiger partial charge in [-0.1, -0.05) is 18.2 Å². The van der Waals surface area contributed by atoms with Gasteiger partial charge in [-0.2, -0.15) is 5.48 Å². The smallest absolute Gasteiger partial charge is 0.246 e. The molecule has 0 aromatic heterocycles. The summed E-state index contributed by atoms with van der Waals surface area (Å²) in [7, 11) is 1.53. The van der Waals surface area contributed by atoms with Crippen molar-refractivity contribution in [3.8, 4) is 0 Å². The van der Waals surface area contributed by atoms with Gasteiger partial charge in [-0.25, -0.2) is 0 Å². The fraction of sp³-hybridized carbons (Fsp3) is 0.333. The molecule has 18 heavy (non-hydrogen) atoms. The van der Waals surface area contributed by atoms with Crippen LogP contribution in [0.3, 0.4) is 0 Å². The van der Waals surface area contributed by atoms with Crippen LogP contribution >= 0.6 is 0 Å². The zero-order chi connectivity index (χ0) is 13.0. The molecule has 1 saturated heterocycles. The Labute approximate surface area is 105 Å². The normalized spacial score (nSPS) is 15.7. The number of carbonyl (C=O) groups excluding carboxylic acids is 2. The van der Waals surface area contributed by atoms with Gasteiger partial charge in [0.25, 0.3) is 0 Å². The van der Waals surface area contributed by atoms with Gasteiger partial charge in [0.05, 0.1) is 13.7 Å². The van der Waals surface area contributed by atoms with Crippen molar-refractivity contribution < 1.29 is 14.4 Å². The van der Waals surface area contributed by atoms with Gasteiger partial charge in [0.15, 0.2) is 0 Å². The lowest BCUT2D eigenvalue weighted by atomic mass is 10.1. The number of nitrogens with zero attached hydrogens (tertiary/aromatic N) is 1. The van der Waals surface area contributed by atoms with Gasteiger partial charge in [-0.05, 0) is 11.6 Å². The number of hydrogen-bond acceptors (Lipinski definition) is 4. The average Bonchev–Trinajstić information content (AvgIpc) is 2.39. The van der Waals surface area contributed by atoms with Crippen LogP contribution in [0.2, 0.25) is 0 Å². The average molecular weight is 249 g/mol. The fourth-order valence-electron chi connectivity index (χ4n) is 1.85. The van der Waals surface area contributed by atoms with E-state index in [1.165, 1.54) is 12.0 Å². The first-order valence-electron chi connectivity index (χ1n) is 5.63. The summed E-state index contributed by atoms with van der Waals surface area (Å²) in [6, 6.07) is 7.43. The highest BCUT2D eigenvalue weighted by Crippen LogP contribution is 2.21. The van der Waals surface area contributed by atoms with Crippen LogP contribution in [-0.4, -0.2) is 32.0 Å². The third kappa shape index (κ3) is 2.66. The highest BCUT2D eigenvalue weighted by molar-refractivity contribution is 6.04. The van der Waals surface area contributed by atoms with Crippen molar-refractivity contribution in [3.63, 3.8) is 0 Å². The Morgan fingerprint density at radius 2 is 2.17 bits per heavy atom. The van der Waals surface area contributed by atoms with Gasteiger partial charge in [-0.15, -0.1) is 0 Å². The van der Waals surface area contributed by atoms with E-state index in [0.717, 1.165) is 11.3 Å². The van der Waals surface area contributed by atoms with Gasteiger partial charge >= 0.3 is 0 Å². The van der Waals surface area contributed by atoms with Gasteiger partial charge < -0.3 is 15.1 Å². The van der Waals surface area contributed by atoms with Crippen LogP contribution in [0.25, 0.3) is 0 Å². The van der Waals surface area contributed by atoms with Crippen LogP contribution in [0, 0.1) is 0 Å². The van der Waals surface area contributed by atoms with Gasteiger partial charge in [0, 0.05) is 12.2 Å². The summed E-state index contributed by atoms with van der Waals surface area (Å²) < 4.78 is 0. The Balaban J connectivity index is 2.25. The molecule has 2 amide bonds. The van der Waals surface area contributed by atoms with Crippen molar-refractivity contribution >= 4 is 17.5 Å². The topological polar surface area (TPSA) is 70.7 Å². The second kappa shape index (κ2) is 5.61. The van der Waals surface area contributed by atoms with Crippen molar-refractivity contribution in [2.45, 2.75) is 6.54 Å². The van der Waals surface area contributed by atoms with Crippen LogP contribution in [0.15, 0.2) is 24.3 Å². The summed E-state index contributed by atoms with van der Waals surface area (Å²) in [5.74, 6) is -0.261. The summed E-state index contributed by atoms with van der Waals surface area (Å²) in [6.45, 7) is 0.575. The number of carbonyl (C=O) groups is 2. The summed E-state index contributed by atoms with van der Waals surface area (Å²) in [5, 5.41) is 2.52. The van der Waals surface area contributed by atoms with E-state index < -0.39 is 0 Å². The molecule has 96 valence electrons. The van der Waals surface area contributed by atoms with Gasteiger partial charge in [0.2, 0.25) is 11.8 Å². The molecule has 6 heteroatoms.